The fourth-order valence-electron chi connectivity index (χ4n) is 20.8. The zero-order valence-electron chi connectivity index (χ0n) is 79.8. The molecule has 12 aromatic carbocycles. The van der Waals surface area contributed by atoms with Gasteiger partial charge in [0.1, 0.15) is 74.1 Å². The highest BCUT2D eigenvalue weighted by Gasteiger charge is 2.61. The smallest absolute Gasteiger partial charge is 0.372 e. The van der Waals surface area contributed by atoms with E-state index in [0.29, 0.717) is 22.8 Å². The third kappa shape index (κ3) is 22.7. The van der Waals surface area contributed by atoms with Gasteiger partial charge in [0.05, 0.1) is 0 Å². The van der Waals surface area contributed by atoms with Gasteiger partial charge in [-0.3, -0.25) is 19.6 Å². The standard InChI is InChI=1S/C112H100N8O20S8/c121-101-113(49-57-141-105(125)133-67-93-84-40-17-10-33-77(84)78-34-11-18-41-85(78)93)97-98(115(101)51-59-143-107(127)135-69-95-88-44-21-14-37-81(88)82-38-15-22-45-89(82)95)116(102(122)114(97)50-58-142-106(126)134-68-94-86-42-19-12-35-79(86)80-36-13-20-43-87(80)94)52-60-144-108(128)136-70-96-90-46-23-16-39-83(90)91-48-47-72(66-92(91)96)71-25-24-32-76(65-71)140-112(132)148-64-56-120-100-99(118(104(120)124)54-62-146-110(130)138-74-28-6-2-7-29-74)117(53-61-145-109(129)137-73-26-4-1-5-27-73)103(123)119(100)55-63-147-111(131)139-75-30-8-3-9-31-75/h1-48,65-66,93-101,121H,49-64,67-70H2. The topological polar surface area (TPSA) is 308 Å². The van der Waals surface area contributed by atoms with Crippen molar-refractivity contribution in [1.29, 1.82) is 0 Å². The number of hydrogen-bond donors (Lipinski definition) is 1. The second-order valence-corrected chi connectivity index (χ2v) is 43.8. The maximum absolute atomic E-state index is 15.6. The van der Waals surface area contributed by atoms with Crippen LogP contribution in [0.1, 0.15) is 68.2 Å². The van der Waals surface area contributed by atoms with Gasteiger partial charge in [0.2, 0.25) is 0 Å². The molecule has 1 N–H and O–H groups in total. The van der Waals surface area contributed by atoms with Crippen molar-refractivity contribution >= 4 is 155 Å². The van der Waals surface area contributed by atoms with Gasteiger partial charge in [-0.25, -0.2) is 62.5 Å². The summed E-state index contributed by atoms with van der Waals surface area (Å²) in [5.41, 5.74) is 18.0. The molecule has 4 saturated heterocycles. The van der Waals surface area contributed by atoms with Crippen molar-refractivity contribution < 1.29 is 95.7 Å². The van der Waals surface area contributed by atoms with Crippen LogP contribution in [0.25, 0.3) is 55.6 Å². The number of aliphatic hydroxyl groups is 1. The number of thioether (sulfide) groups is 8. The summed E-state index contributed by atoms with van der Waals surface area (Å²) in [6.07, 6.45) is -5.09. The van der Waals surface area contributed by atoms with E-state index < -0.39 is 97.4 Å². The quantitative estimate of drug-likeness (QED) is 0.0279. The summed E-state index contributed by atoms with van der Waals surface area (Å²) in [7, 11) is 0. The Morgan fingerprint density at radius 1 is 0.223 bits per heavy atom. The number of rotatable bonds is 37. The normalized spacial score (nSPS) is 17.6. The molecule has 6 amide bonds. The Bertz CT molecular complexity index is 6780. The second kappa shape index (κ2) is 47.6. The molecule has 6 unspecified atom stereocenters. The fraction of sp³-hybridized carbons (Fsp3) is 0.259. The van der Waals surface area contributed by atoms with E-state index in [0.717, 1.165) is 189 Å². The van der Waals surface area contributed by atoms with Crippen LogP contribution in [-0.2, 0) is 18.9 Å². The Kier molecular flexibility index (Phi) is 32.8. The summed E-state index contributed by atoms with van der Waals surface area (Å²) in [4.78, 5) is 169. The molecule has 12 aromatic rings. The van der Waals surface area contributed by atoms with E-state index >= 15 is 9.59 Å². The van der Waals surface area contributed by atoms with Crippen molar-refractivity contribution in [2.75, 3.05) is 125 Å². The molecule has 756 valence electrons. The first-order valence-corrected chi connectivity index (χ1v) is 56.3. The third-order valence-electron chi connectivity index (χ3n) is 27.3. The van der Waals surface area contributed by atoms with Gasteiger partial charge >= 0.3 is 60.5 Å². The van der Waals surface area contributed by atoms with Gasteiger partial charge in [0, 0.05) is 122 Å². The molecule has 4 fully saturated rings. The SMILES string of the molecule is O=C(OCC1c2ccccc2-c2ccccc21)SCCN1C(=O)N(CCSC(=O)OCC2c3ccccc3-c3ccc(-c4cccc(OC(=O)SCCN5C(=O)N(CCSC(=O)Oc6ccccc6)C6C5N(CCSC(=O)Oc5ccccc5)C(=O)N6CCSC(=O)Oc5ccccc5)c4)cc32)C2C1N(CCSC(=O)OCC1c3ccccc3-c3ccccc31)C(O)N2CCSC(=O)OCC1c2ccccc2-c2ccccc21. The zero-order valence-corrected chi connectivity index (χ0v) is 86.3. The third-order valence-corrected chi connectivity index (χ3v) is 33.0. The van der Waals surface area contributed by atoms with Gasteiger partial charge in [-0.1, -0.05) is 249 Å². The lowest BCUT2D eigenvalue weighted by atomic mass is 9.94. The first-order chi connectivity index (χ1) is 72.4. The van der Waals surface area contributed by atoms with E-state index in [1.54, 1.807) is 129 Å². The van der Waals surface area contributed by atoms with Crippen LogP contribution in [-0.4, -0.2) is 261 Å². The number of hydrogen-bond acceptors (Lipinski definition) is 30. The first kappa shape index (κ1) is 102. The van der Waals surface area contributed by atoms with Crippen LogP contribution in [0.4, 0.5) is 52.7 Å². The molecule has 4 aliphatic heterocycles. The maximum Gasteiger partial charge on any atom is 0.372 e. The molecule has 0 radical (unpaired) electrons. The molecule has 4 aliphatic carbocycles. The molecule has 36 heteroatoms. The van der Waals surface area contributed by atoms with Gasteiger partial charge < -0.3 is 52.8 Å². The zero-order chi connectivity index (χ0) is 102. The minimum absolute atomic E-state index is 0.0000248. The number of ether oxygens (including phenoxy) is 8. The van der Waals surface area contributed by atoms with Gasteiger partial charge in [0.15, 0.2) is 6.35 Å². The largest absolute Gasteiger partial charge is 0.457 e. The van der Waals surface area contributed by atoms with Crippen LogP contribution >= 0.6 is 94.1 Å². The molecule has 6 atom stereocenters. The molecule has 148 heavy (non-hydrogen) atoms. The Morgan fingerprint density at radius 2 is 0.446 bits per heavy atom. The van der Waals surface area contributed by atoms with Crippen LogP contribution in [0.5, 0.6) is 23.0 Å². The Morgan fingerprint density at radius 3 is 0.736 bits per heavy atom. The fourth-order valence-corrected chi connectivity index (χ4v) is 25.7. The van der Waals surface area contributed by atoms with Gasteiger partial charge in [0.25, 0.3) is 0 Å². The number of urea groups is 3. The van der Waals surface area contributed by atoms with Gasteiger partial charge in [-0.2, -0.15) is 0 Å². The number of carbonyl (C=O) groups excluding carboxylic acids is 11. The van der Waals surface area contributed by atoms with Crippen molar-refractivity contribution in [1.82, 2.24) is 39.2 Å². The number of amides is 6. The predicted molar refractivity (Wildman–Crippen MR) is 580 cm³/mol. The number of carbonyl (C=O) groups is 11. The van der Waals surface area contributed by atoms with Gasteiger partial charge in [-0.15, -0.1) is 0 Å². The molecule has 20 rings (SSSR count). The van der Waals surface area contributed by atoms with E-state index in [9.17, 15) is 48.3 Å². The highest BCUT2D eigenvalue weighted by atomic mass is 32.2. The average Bonchev–Trinajstić information content (AvgIpc) is 1.53. The van der Waals surface area contributed by atoms with Crippen LogP contribution < -0.4 is 18.9 Å². The minimum Gasteiger partial charge on any atom is -0.457 e. The van der Waals surface area contributed by atoms with Crippen molar-refractivity contribution in [3.63, 3.8) is 0 Å². The Hall–Kier alpha value is -13.1. The van der Waals surface area contributed by atoms with Crippen LogP contribution in [0, 0.1) is 0 Å². The number of fused-ring (bicyclic) bond motifs is 14. The summed E-state index contributed by atoms with van der Waals surface area (Å²) in [6, 6.07) is 93.6. The number of benzene rings is 12. The summed E-state index contributed by atoms with van der Waals surface area (Å²) in [5, 5.41) is 8.20. The van der Waals surface area contributed by atoms with E-state index in [1.165, 1.54) is 19.6 Å². The minimum atomic E-state index is -1.38. The molecule has 0 bridgehead atoms. The molecule has 4 heterocycles. The molecule has 28 nitrogen and oxygen atoms in total. The second-order valence-electron chi connectivity index (χ2n) is 35.5. The van der Waals surface area contributed by atoms with E-state index in [-0.39, 0.29) is 148 Å². The molecular weight excluding hydrogens is 2030 g/mol. The predicted octanol–water partition coefficient (Wildman–Crippen LogP) is 23.8. The van der Waals surface area contributed by atoms with E-state index in [2.05, 4.69) is 60.7 Å². The molecule has 0 saturated carbocycles. The molecule has 0 spiro atoms. The lowest BCUT2D eigenvalue weighted by Gasteiger charge is -2.33. The number of nitrogens with zero attached hydrogens (tertiary/aromatic N) is 8. The summed E-state index contributed by atoms with van der Waals surface area (Å²) < 4.78 is 47.1. The molecule has 0 aromatic heterocycles. The lowest BCUT2D eigenvalue weighted by Crippen LogP contribution is -2.51. The van der Waals surface area contributed by atoms with Crippen LogP contribution in [0.2, 0.25) is 0 Å². The Labute approximate surface area is 888 Å². The van der Waals surface area contributed by atoms with Crippen LogP contribution in [0.3, 0.4) is 0 Å². The van der Waals surface area contributed by atoms with E-state index in [1.807, 2.05) is 133 Å². The highest BCUT2D eigenvalue weighted by molar-refractivity contribution is 8.15. The number of para-hydroxylation sites is 3. The van der Waals surface area contributed by atoms with Gasteiger partial charge in [-0.05, 0) is 249 Å². The lowest BCUT2D eigenvalue weighted by molar-refractivity contribution is -0.0835. The summed E-state index contributed by atoms with van der Waals surface area (Å²) >= 11 is 7.10. The van der Waals surface area contributed by atoms with Crippen molar-refractivity contribution in [3.05, 3.63) is 348 Å². The van der Waals surface area contributed by atoms with Crippen molar-refractivity contribution in [2.45, 2.75) is 54.7 Å². The first-order valence-electron chi connectivity index (χ1n) is 48.4. The van der Waals surface area contributed by atoms with Crippen LogP contribution in [0.15, 0.2) is 303 Å². The van der Waals surface area contributed by atoms with E-state index in [4.69, 9.17) is 37.9 Å². The average molecular weight is 2130 g/mol. The highest BCUT2D eigenvalue weighted by Crippen LogP contribution is 2.51. The maximum atomic E-state index is 15.6. The molecular formula is C112H100N8O20S8. The molecule has 8 aliphatic rings. The summed E-state index contributed by atoms with van der Waals surface area (Å²) in [5.74, 6) is 0.812. The van der Waals surface area contributed by atoms with Crippen molar-refractivity contribution in [3.8, 4) is 78.6 Å². The Balaban J connectivity index is 0.502. The monoisotopic (exact) mass is 2130 g/mol. The number of aliphatic hydroxyl groups excluding tert-OH is 1. The van der Waals surface area contributed by atoms with Crippen molar-refractivity contribution in [2.24, 2.45) is 0 Å². The summed E-state index contributed by atoms with van der Waals surface area (Å²) in [6.45, 7) is 0.204.